The van der Waals surface area contributed by atoms with Gasteiger partial charge in [0, 0.05) is 45.5 Å². The summed E-state index contributed by atoms with van der Waals surface area (Å²) < 4.78 is 61.2. The zero-order chi connectivity index (χ0) is 81.5. The van der Waals surface area contributed by atoms with E-state index in [0.29, 0.717) is 36.4 Å². The first-order valence-corrected chi connectivity index (χ1v) is 31.2. The van der Waals surface area contributed by atoms with Crippen LogP contribution in [0.5, 0.6) is 144 Å². The number of phenols is 23. The number of rotatable bonds is 6. The average molecular weight is 1570 g/mol. The lowest BCUT2D eigenvalue weighted by molar-refractivity contribution is -0.284. The molecule has 44 nitrogen and oxygen atoms in total. The minimum absolute atomic E-state index is 0.148. The Kier molecular flexibility index (Phi) is 18.1. The molecular weight excluding hydrogens is 1520 g/mol. The van der Waals surface area contributed by atoms with Crippen molar-refractivity contribution in [1.29, 1.82) is 0 Å². The van der Waals surface area contributed by atoms with Gasteiger partial charge in [-0.1, -0.05) is 0 Å². The van der Waals surface area contributed by atoms with Gasteiger partial charge in [0.2, 0.25) is 46.0 Å². The van der Waals surface area contributed by atoms with Crippen LogP contribution in [-0.4, -0.2) is 250 Å². The van der Waals surface area contributed by atoms with Gasteiger partial charge in [-0.05, 0) is 42.5 Å². The first-order valence-electron chi connectivity index (χ1n) is 31.2. The van der Waals surface area contributed by atoms with Crippen LogP contribution in [0.4, 0.5) is 0 Å². The van der Waals surface area contributed by atoms with Gasteiger partial charge in [0.15, 0.2) is 147 Å². The number of ether oxygens (including phenoxy) is 11. The number of hydrogen-bond acceptors (Lipinski definition) is 44. The Morgan fingerprint density at radius 1 is 0.304 bits per heavy atom. The maximum Gasteiger partial charge on any atom is 0.342 e. The van der Waals surface area contributed by atoms with Gasteiger partial charge in [-0.25, -0.2) is 38.4 Å². The van der Waals surface area contributed by atoms with Crippen LogP contribution >= 0.6 is 0 Å². The Morgan fingerprint density at radius 3 is 1.04 bits per heavy atom. The Labute approximate surface area is 614 Å². The number of carbonyl (C=O) groups excluding carboxylic acids is 8. The monoisotopic (exact) mass is 1570 g/mol. The molecule has 0 radical (unpaired) electrons. The van der Waals surface area contributed by atoms with Gasteiger partial charge in [-0.2, -0.15) is 0 Å². The maximum absolute atomic E-state index is 15.1. The van der Waals surface area contributed by atoms with Gasteiger partial charge in [-0.3, -0.25) is 0 Å². The molecule has 112 heavy (non-hydrogen) atoms. The van der Waals surface area contributed by atoms with Crippen LogP contribution in [-0.2, 0) is 47.4 Å². The standard InChI is InChI=1S/C68H48O44/c69-20-1-12(2-21(70)37(20)77)59(92)109-55-53-29(10-102-60(93)13-3-22(71)38(78)45(85)31(13)33-15(62(95)107-53)5-24(73)40(80)47(33)87)105-67(100)57(55)112-66(99)19-8-27(76)43(83)51(91)52(19)104-28-9-18-36(50(90)44(28)84)35-17(7-26(75)42(82)49(35)89)64(97)110-56-54-30(106-68(101)58(56)111-65(18)98)11-103-61(94)14-4-23(72)39(79)46(86)32(14)34-16(63(96)108-54)6-25(74)41(81)48(34)88/h1-9,29-30,53-58,67-91,100-101H,10-11H2/t29-,30-,53-,54-,55+,56+,57-,58-,67?,68?/m1/s1. The topological polar surface area (TPSA) is 744 Å². The fourth-order valence-electron chi connectivity index (χ4n) is 12.6. The molecular formula is C68H48O44. The number of hydrogen-bond donors (Lipinski definition) is 25. The van der Waals surface area contributed by atoms with Crippen molar-refractivity contribution in [3.63, 3.8) is 0 Å². The minimum Gasteiger partial charge on any atom is -0.504 e. The summed E-state index contributed by atoms with van der Waals surface area (Å²) >= 11 is 0. The second-order valence-corrected chi connectivity index (χ2v) is 24.6. The second kappa shape index (κ2) is 27.1. The SMILES string of the molecule is O=C(O[C@H]1[C@@H]2OC(=O)c3cc(O)c(O)c(O)c3-c3c(cc(O)c(O)c3O)C(=O)OC[C@H]2OC(O)[C@@H]1OC(=O)c1cc(O)c(O)c(O)c1Oc1cc2c(c(O)c1O)-c1c(cc(O)c(O)c1O)C(=O)O[C@H]1[C@@H]3OC(=O)c4cc(O)c(O)c(O)c4-c4c(cc(O)c(O)c4O)C(=O)OC[C@H]3OC(O)[C@@H]1OC2=O)c1cc(O)c(O)c(O)c1. The highest BCUT2D eigenvalue weighted by Gasteiger charge is 2.57. The molecule has 8 aromatic rings. The van der Waals surface area contributed by atoms with Crippen molar-refractivity contribution < 1.29 is 218 Å². The van der Waals surface area contributed by atoms with E-state index in [4.69, 9.17) is 52.1 Å². The van der Waals surface area contributed by atoms with Crippen LogP contribution in [0.15, 0.2) is 54.6 Å². The largest absolute Gasteiger partial charge is 0.504 e. The van der Waals surface area contributed by atoms with Crippen LogP contribution in [0.2, 0.25) is 0 Å². The van der Waals surface area contributed by atoms with Crippen LogP contribution in [0.1, 0.15) is 82.9 Å². The normalized spacial score (nSPS) is 21.3. The lowest BCUT2D eigenvalue weighted by Crippen LogP contribution is -2.62. The molecule has 5 heterocycles. The smallest absolute Gasteiger partial charge is 0.342 e. The third kappa shape index (κ3) is 12.0. The van der Waals surface area contributed by atoms with Crippen molar-refractivity contribution >= 4 is 47.8 Å². The van der Waals surface area contributed by atoms with Crippen molar-refractivity contribution in [2.75, 3.05) is 13.2 Å². The van der Waals surface area contributed by atoms with Crippen LogP contribution in [0.3, 0.4) is 0 Å². The van der Waals surface area contributed by atoms with Crippen molar-refractivity contribution in [2.24, 2.45) is 0 Å². The quantitative estimate of drug-likeness (QED) is 0.0640. The molecule has 2 unspecified atom stereocenters. The Balaban J connectivity index is 0.906. The van der Waals surface area contributed by atoms with Crippen molar-refractivity contribution in [2.45, 2.75) is 61.4 Å². The predicted octanol–water partition coefficient (Wildman–Crippen LogP) is 1.75. The summed E-state index contributed by atoms with van der Waals surface area (Å²) in [7, 11) is 0. The molecule has 5 aliphatic rings. The number of aliphatic hydroxyl groups is 2. The fraction of sp³-hybridized carbons (Fsp3) is 0.176. The lowest BCUT2D eigenvalue weighted by Gasteiger charge is -2.43. The van der Waals surface area contributed by atoms with Crippen molar-refractivity contribution in [3.05, 3.63) is 99.1 Å². The van der Waals surface area contributed by atoms with Crippen LogP contribution in [0, 0.1) is 0 Å². The number of esters is 8. The average Bonchev–Trinajstić information content (AvgIpc) is 1.09. The Morgan fingerprint density at radius 2 is 0.616 bits per heavy atom. The van der Waals surface area contributed by atoms with Gasteiger partial charge in [-0.15, -0.1) is 0 Å². The summed E-state index contributed by atoms with van der Waals surface area (Å²) in [5.41, 5.74) is -17.1. The highest BCUT2D eigenvalue weighted by atomic mass is 16.7. The molecule has 13 rings (SSSR count). The molecule has 0 bridgehead atoms. The summed E-state index contributed by atoms with van der Waals surface area (Å²) in [6, 6.07) is 2.98. The van der Waals surface area contributed by atoms with E-state index in [-0.39, 0.29) is 18.2 Å². The summed E-state index contributed by atoms with van der Waals surface area (Å²) in [5.74, 6) is -52.7. The first kappa shape index (κ1) is 74.8. The van der Waals surface area contributed by atoms with Crippen molar-refractivity contribution in [3.8, 4) is 177 Å². The zero-order valence-corrected chi connectivity index (χ0v) is 54.8. The van der Waals surface area contributed by atoms with Gasteiger partial charge < -0.3 is 180 Å². The number of benzene rings is 8. The molecule has 10 atom stereocenters. The summed E-state index contributed by atoms with van der Waals surface area (Å²) in [6.45, 7) is -2.69. The first-order chi connectivity index (χ1) is 52.7. The highest BCUT2D eigenvalue weighted by molar-refractivity contribution is 6.12. The number of fused-ring (bicyclic) bond motifs is 13. The van der Waals surface area contributed by atoms with Crippen molar-refractivity contribution in [1.82, 2.24) is 0 Å². The van der Waals surface area contributed by atoms with E-state index in [2.05, 4.69) is 0 Å². The zero-order valence-electron chi connectivity index (χ0n) is 54.8. The van der Waals surface area contributed by atoms with E-state index in [0.717, 1.165) is 0 Å². The molecule has 5 aliphatic heterocycles. The predicted molar refractivity (Wildman–Crippen MR) is 344 cm³/mol. The molecule has 0 spiro atoms. The molecule has 584 valence electrons. The molecule has 0 aliphatic carbocycles. The third-order valence-electron chi connectivity index (χ3n) is 18.0. The van der Waals surface area contributed by atoms with Gasteiger partial charge >= 0.3 is 47.8 Å². The van der Waals surface area contributed by atoms with Crippen LogP contribution in [0.25, 0.3) is 33.4 Å². The summed E-state index contributed by atoms with van der Waals surface area (Å²) in [5, 5.41) is 275. The number of aliphatic hydroxyl groups excluding tert-OH is 2. The maximum atomic E-state index is 15.1. The van der Waals surface area contributed by atoms with E-state index in [9.17, 15) is 161 Å². The Hall–Kier alpha value is -15.4. The molecule has 2 saturated heterocycles. The number of aromatic hydroxyl groups is 23. The molecule has 0 aromatic heterocycles. The lowest BCUT2D eigenvalue weighted by atomic mass is 9.91. The number of carbonyl (C=O) groups is 8. The van der Waals surface area contributed by atoms with E-state index >= 15 is 4.79 Å². The second-order valence-electron chi connectivity index (χ2n) is 24.6. The Bertz CT molecular complexity index is 5480. The van der Waals surface area contributed by atoms with Gasteiger partial charge in [0.1, 0.15) is 31.0 Å². The third-order valence-corrected chi connectivity index (χ3v) is 18.0. The highest BCUT2D eigenvalue weighted by Crippen LogP contribution is 2.59. The number of cyclic esters (lactones) is 2. The van der Waals surface area contributed by atoms with Gasteiger partial charge in [0.05, 0.1) is 38.9 Å². The van der Waals surface area contributed by atoms with E-state index < -0.39 is 344 Å². The molecule has 2 fully saturated rings. The number of phenolic OH excluding ortho intramolecular Hbond substituents is 23. The minimum atomic E-state index is -2.89. The van der Waals surface area contributed by atoms with E-state index in [1.54, 1.807) is 0 Å². The summed E-state index contributed by atoms with van der Waals surface area (Å²) in [4.78, 5) is 117. The molecule has 0 saturated carbocycles. The van der Waals surface area contributed by atoms with E-state index in [1.807, 2.05) is 0 Å². The van der Waals surface area contributed by atoms with E-state index in [1.165, 1.54) is 0 Å². The fourth-order valence-corrected chi connectivity index (χ4v) is 12.6. The molecule has 0 amide bonds. The summed E-state index contributed by atoms with van der Waals surface area (Å²) in [6.07, 6.45) is -26.3. The van der Waals surface area contributed by atoms with Crippen LogP contribution < -0.4 is 4.74 Å². The molecule has 44 heteroatoms. The molecule has 25 N–H and O–H groups in total. The molecule has 8 aromatic carbocycles. The van der Waals surface area contributed by atoms with Gasteiger partial charge in [0.25, 0.3) is 0 Å².